The lowest BCUT2D eigenvalue weighted by atomic mass is 10.0. The summed E-state index contributed by atoms with van der Waals surface area (Å²) in [5, 5.41) is 12.3. The molecular weight excluding hydrogens is 283 g/mol. The Morgan fingerprint density at radius 3 is 2.82 bits per heavy atom. The molecule has 0 spiro atoms. The lowest BCUT2D eigenvalue weighted by molar-refractivity contribution is 0.217. The Hall–Kier alpha value is -1.98. The minimum Gasteiger partial charge on any atom is -0.490 e. The molecule has 1 unspecified atom stereocenters. The number of aromatic nitrogens is 1. The standard InChI is InChI=1S/C17H19FN2O2/c18-15-6-12(2-4-21)5-13(7-15)14-8-17(10-19-9-14)22-11-16-1-3-20-16/h5-10,16,20-21H,1-4,11H2. The normalized spacial score (nSPS) is 17.1. The molecule has 0 radical (unpaired) electrons. The van der Waals surface area contributed by atoms with Crippen LogP contribution < -0.4 is 10.1 Å². The van der Waals surface area contributed by atoms with Crippen LogP contribution in [0.4, 0.5) is 4.39 Å². The van der Waals surface area contributed by atoms with Crippen LogP contribution in [0.5, 0.6) is 5.75 Å². The number of hydrogen-bond donors (Lipinski definition) is 2. The van der Waals surface area contributed by atoms with Crippen LogP contribution in [-0.4, -0.2) is 35.9 Å². The van der Waals surface area contributed by atoms with E-state index >= 15 is 0 Å². The summed E-state index contributed by atoms with van der Waals surface area (Å²) >= 11 is 0. The molecule has 1 aromatic carbocycles. The molecule has 0 saturated carbocycles. The van der Waals surface area contributed by atoms with E-state index in [1.165, 1.54) is 12.1 Å². The van der Waals surface area contributed by atoms with Crippen molar-refractivity contribution >= 4 is 0 Å². The molecule has 4 nitrogen and oxygen atoms in total. The Morgan fingerprint density at radius 1 is 1.23 bits per heavy atom. The second-order valence-corrected chi connectivity index (χ2v) is 5.48. The van der Waals surface area contributed by atoms with E-state index in [-0.39, 0.29) is 12.4 Å². The van der Waals surface area contributed by atoms with Crippen LogP contribution in [-0.2, 0) is 6.42 Å². The molecule has 116 valence electrons. The van der Waals surface area contributed by atoms with E-state index in [9.17, 15) is 4.39 Å². The number of benzene rings is 1. The van der Waals surface area contributed by atoms with Gasteiger partial charge in [0.2, 0.25) is 0 Å². The Kier molecular flexibility index (Phi) is 4.65. The zero-order valence-electron chi connectivity index (χ0n) is 12.3. The highest BCUT2D eigenvalue weighted by molar-refractivity contribution is 5.64. The largest absolute Gasteiger partial charge is 0.490 e. The van der Waals surface area contributed by atoms with Gasteiger partial charge in [-0.15, -0.1) is 0 Å². The summed E-state index contributed by atoms with van der Waals surface area (Å²) in [6.07, 6.45) is 4.91. The monoisotopic (exact) mass is 302 g/mol. The molecule has 0 amide bonds. The van der Waals surface area contributed by atoms with Crippen molar-refractivity contribution in [2.24, 2.45) is 0 Å². The molecule has 1 fully saturated rings. The van der Waals surface area contributed by atoms with E-state index in [1.54, 1.807) is 12.4 Å². The van der Waals surface area contributed by atoms with Gasteiger partial charge >= 0.3 is 0 Å². The van der Waals surface area contributed by atoms with Crippen molar-refractivity contribution < 1.29 is 14.2 Å². The lowest BCUT2D eigenvalue weighted by Crippen LogP contribution is -2.46. The number of halogens is 1. The van der Waals surface area contributed by atoms with Crippen LogP contribution >= 0.6 is 0 Å². The Labute approximate surface area is 129 Å². The van der Waals surface area contributed by atoms with Crippen molar-refractivity contribution in [3.05, 3.63) is 48.0 Å². The number of nitrogens with zero attached hydrogens (tertiary/aromatic N) is 1. The van der Waals surface area contributed by atoms with E-state index in [1.807, 2.05) is 12.1 Å². The second-order valence-electron chi connectivity index (χ2n) is 5.48. The summed E-state index contributed by atoms with van der Waals surface area (Å²) in [4.78, 5) is 4.17. The highest BCUT2D eigenvalue weighted by Crippen LogP contribution is 2.25. The summed E-state index contributed by atoms with van der Waals surface area (Å²) in [5.41, 5.74) is 2.31. The predicted molar refractivity (Wildman–Crippen MR) is 82.3 cm³/mol. The smallest absolute Gasteiger partial charge is 0.138 e. The summed E-state index contributed by atoms with van der Waals surface area (Å²) in [5.74, 6) is 0.366. The first kappa shape index (κ1) is 14.9. The minimum atomic E-state index is -0.314. The predicted octanol–water partition coefficient (Wildman–Crippen LogP) is 2.16. The maximum atomic E-state index is 13.7. The van der Waals surface area contributed by atoms with Crippen LogP contribution in [0.2, 0.25) is 0 Å². The third-order valence-corrected chi connectivity index (χ3v) is 3.78. The number of nitrogens with one attached hydrogen (secondary N) is 1. The van der Waals surface area contributed by atoms with Crippen molar-refractivity contribution in [2.75, 3.05) is 19.8 Å². The minimum absolute atomic E-state index is 0.00131. The molecule has 1 aromatic heterocycles. The van der Waals surface area contributed by atoms with Crippen LogP contribution in [0, 0.1) is 5.82 Å². The van der Waals surface area contributed by atoms with E-state index in [2.05, 4.69) is 10.3 Å². The average molecular weight is 302 g/mol. The van der Waals surface area contributed by atoms with Crippen LogP contribution in [0.3, 0.4) is 0 Å². The quantitative estimate of drug-likeness (QED) is 0.858. The average Bonchev–Trinajstić information content (AvgIpc) is 2.46. The van der Waals surface area contributed by atoms with Gasteiger partial charge in [-0.3, -0.25) is 4.98 Å². The van der Waals surface area contributed by atoms with Gasteiger partial charge < -0.3 is 15.2 Å². The highest BCUT2D eigenvalue weighted by Gasteiger charge is 2.16. The SMILES string of the molecule is OCCc1cc(F)cc(-c2cncc(OCC3CCN3)c2)c1. The molecular formula is C17H19FN2O2. The molecule has 2 N–H and O–H groups in total. The van der Waals surface area contributed by atoms with Crippen molar-refractivity contribution in [2.45, 2.75) is 18.9 Å². The third-order valence-electron chi connectivity index (χ3n) is 3.78. The first-order valence-electron chi connectivity index (χ1n) is 7.46. The maximum absolute atomic E-state index is 13.7. The van der Waals surface area contributed by atoms with Gasteiger partial charge in [0.1, 0.15) is 18.2 Å². The lowest BCUT2D eigenvalue weighted by Gasteiger charge is -2.27. The van der Waals surface area contributed by atoms with Gasteiger partial charge in [-0.05, 0) is 48.7 Å². The van der Waals surface area contributed by atoms with Gasteiger partial charge in [0.25, 0.3) is 0 Å². The van der Waals surface area contributed by atoms with E-state index in [0.29, 0.717) is 24.8 Å². The number of aliphatic hydroxyl groups is 1. The first-order chi connectivity index (χ1) is 10.7. The van der Waals surface area contributed by atoms with Gasteiger partial charge in [-0.2, -0.15) is 0 Å². The van der Waals surface area contributed by atoms with Crippen LogP contribution in [0.1, 0.15) is 12.0 Å². The van der Waals surface area contributed by atoms with Crippen molar-refractivity contribution in [1.29, 1.82) is 0 Å². The summed E-state index contributed by atoms with van der Waals surface area (Å²) in [6, 6.07) is 7.05. The van der Waals surface area contributed by atoms with Crippen molar-refractivity contribution in [3.8, 4) is 16.9 Å². The van der Waals surface area contributed by atoms with E-state index < -0.39 is 0 Å². The van der Waals surface area contributed by atoms with E-state index in [4.69, 9.17) is 9.84 Å². The first-order valence-corrected chi connectivity index (χ1v) is 7.46. The molecule has 0 aliphatic carbocycles. The fraction of sp³-hybridized carbons (Fsp3) is 0.353. The number of pyridine rings is 1. The zero-order chi connectivity index (χ0) is 15.4. The Morgan fingerprint density at radius 2 is 2.09 bits per heavy atom. The van der Waals surface area contributed by atoms with E-state index in [0.717, 1.165) is 29.7 Å². The topological polar surface area (TPSA) is 54.4 Å². The fourth-order valence-corrected chi connectivity index (χ4v) is 2.43. The molecule has 1 aliphatic rings. The fourth-order valence-electron chi connectivity index (χ4n) is 2.43. The number of rotatable bonds is 6. The molecule has 0 bridgehead atoms. The number of aliphatic hydroxyl groups excluding tert-OH is 1. The molecule has 1 saturated heterocycles. The zero-order valence-corrected chi connectivity index (χ0v) is 12.3. The summed E-state index contributed by atoms with van der Waals surface area (Å²) in [7, 11) is 0. The third kappa shape index (κ3) is 3.61. The Balaban J connectivity index is 1.78. The summed E-state index contributed by atoms with van der Waals surface area (Å²) < 4.78 is 19.4. The van der Waals surface area contributed by atoms with Gasteiger partial charge in [0, 0.05) is 24.4 Å². The molecule has 2 heterocycles. The van der Waals surface area contributed by atoms with Crippen LogP contribution in [0.15, 0.2) is 36.7 Å². The van der Waals surface area contributed by atoms with Gasteiger partial charge in [-0.1, -0.05) is 6.07 Å². The molecule has 22 heavy (non-hydrogen) atoms. The number of hydrogen-bond acceptors (Lipinski definition) is 4. The van der Waals surface area contributed by atoms with Crippen molar-refractivity contribution in [3.63, 3.8) is 0 Å². The highest BCUT2D eigenvalue weighted by atomic mass is 19.1. The summed E-state index contributed by atoms with van der Waals surface area (Å²) in [6.45, 7) is 1.66. The van der Waals surface area contributed by atoms with Gasteiger partial charge in [-0.25, -0.2) is 4.39 Å². The number of ether oxygens (including phenoxy) is 1. The van der Waals surface area contributed by atoms with Crippen LogP contribution in [0.25, 0.3) is 11.1 Å². The molecule has 2 aromatic rings. The molecule has 1 atom stereocenters. The molecule has 1 aliphatic heterocycles. The van der Waals surface area contributed by atoms with Gasteiger partial charge in [0.05, 0.1) is 6.20 Å². The maximum Gasteiger partial charge on any atom is 0.138 e. The van der Waals surface area contributed by atoms with Gasteiger partial charge in [0.15, 0.2) is 0 Å². The van der Waals surface area contributed by atoms with Crippen molar-refractivity contribution in [1.82, 2.24) is 10.3 Å². The Bertz CT molecular complexity index is 644. The molecule has 3 rings (SSSR count). The molecule has 5 heteroatoms. The second kappa shape index (κ2) is 6.85.